The summed E-state index contributed by atoms with van der Waals surface area (Å²) >= 11 is 0. The van der Waals surface area contributed by atoms with E-state index < -0.39 is 11.7 Å². The van der Waals surface area contributed by atoms with Crippen LogP contribution in [0.3, 0.4) is 0 Å². The number of hydrogen-bond donors (Lipinski definition) is 1. The number of nitrogens with zero attached hydrogens (tertiary/aromatic N) is 2. The molecule has 0 atom stereocenters. The maximum atomic E-state index is 12.6. The number of aromatic amines is 1. The molecule has 3 nitrogen and oxygen atoms in total. The van der Waals surface area contributed by atoms with Gasteiger partial charge in [-0.05, 0) is 31.2 Å². The Morgan fingerprint density at radius 3 is 2.32 bits per heavy atom. The molecule has 0 amide bonds. The van der Waals surface area contributed by atoms with E-state index in [4.69, 9.17) is 0 Å². The first-order chi connectivity index (χ1) is 10.4. The highest BCUT2D eigenvalue weighted by atomic mass is 19.4. The monoisotopic (exact) mass is 303 g/mol. The third kappa shape index (κ3) is 2.72. The summed E-state index contributed by atoms with van der Waals surface area (Å²) in [6.07, 6.45) is -0.995. The Labute approximate surface area is 124 Å². The van der Waals surface area contributed by atoms with Crippen LogP contribution in [0.4, 0.5) is 13.2 Å². The van der Waals surface area contributed by atoms with Crippen LogP contribution in [-0.2, 0) is 6.18 Å². The van der Waals surface area contributed by atoms with Crippen LogP contribution in [0.5, 0.6) is 0 Å². The summed E-state index contributed by atoms with van der Waals surface area (Å²) in [6, 6.07) is 8.64. The summed E-state index contributed by atoms with van der Waals surface area (Å²) in [7, 11) is 0. The van der Waals surface area contributed by atoms with Gasteiger partial charge in [-0.15, -0.1) is 0 Å². The zero-order chi connectivity index (χ0) is 15.7. The Kier molecular flexibility index (Phi) is 3.44. The van der Waals surface area contributed by atoms with E-state index in [2.05, 4.69) is 15.0 Å². The lowest BCUT2D eigenvalue weighted by molar-refractivity contribution is -0.137. The molecule has 0 bridgehead atoms. The second-order valence-electron chi connectivity index (χ2n) is 4.88. The van der Waals surface area contributed by atoms with Crippen molar-refractivity contribution < 1.29 is 13.2 Å². The van der Waals surface area contributed by atoms with Gasteiger partial charge < -0.3 is 4.98 Å². The SMILES string of the molecule is Cc1[nH]c(-c2cccnc2)nc1-c1ccc(C(F)(F)F)cc1. The van der Waals surface area contributed by atoms with Gasteiger partial charge in [-0.3, -0.25) is 4.98 Å². The zero-order valence-corrected chi connectivity index (χ0v) is 11.6. The fourth-order valence-electron chi connectivity index (χ4n) is 2.20. The highest BCUT2D eigenvalue weighted by molar-refractivity contribution is 5.67. The first-order valence-corrected chi connectivity index (χ1v) is 6.60. The molecule has 0 spiro atoms. The predicted molar refractivity (Wildman–Crippen MR) is 77.0 cm³/mol. The topological polar surface area (TPSA) is 41.6 Å². The van der Waals surface area contributed by atoms with Gasteiger partial charge in [-0.2, -0.15) is 13.2 Å². The van der Waals surface area contributed by atoms with Crippen molar-refractivity contribution in [2.24, 2.45) is 0 Å². The molecule has 0 aliphatic rings. The molecule has 6 heteroatoms. The van der Waals surface area contributed by atoms with Crippen LogP contribution in [0.25, 0.3) is 22.6 Å². The lowest BCUT2D eigenvalue weighted by atomic mass is 10.1. The Bertz CT molecular complexity index is 775. The van der Waals surface area contributed by atoms with Gasteiger partial charge in [0.05, 0.1) is 11.3 Å². The molecule has 2 heterocycles. The van der Waals surface area contributed by atoms with Gasteiger partial charge in [0, 0.05) is 29.2 Å². The number of imidazole rings is 1. The number of hydrogen-bond acceptors (Lipinski definition) is 2. The molecule has 0 unspecified atom stereocenters. The zero-order valence-electron chi connectivity index (χ0n) is 11.6. The van der Waals surface area contributed by atoms with Gasteiger partial charge in [0.1, 0.15) is 5.82 Å². The van der Waals surface area contributed by atoms with E-state index in [1.54, 1.807) is 18.5 Å². The van der Waals surface area contributed by atoms with Crippen molar-refractivity contribution in [1.82, 2.24) is 15.0 Å². The molecule has 3 rings (SSSR count). The molecule has 3 aromatic rings. The number of rotatable bonds is 2. The van der Waals surface area contributed by atoms with Crippen molar-refractivity contribution in [2.45, 2.75) is 13.1 Å². The average molecular weight is 303 g/mol. The molecular formula is C16H12F3N3. The Morgan fingerprint density at radius 1 is 1.00 bits per heavy atom. The number of alkyl halides is 3. The Balaban J connectivity index is 1.98. The van der Waals surface area contributed by atoms with Crippen LogP contribution < -0.4 is 0 Å². The van der Waals surface area contributed by atoms with Gasteiger partial charge in [-0.25, -0.2) is 4.98 Å². The molecule has 1 aromatic carbocycles. The van der Waals surface area contributed by atoms with Crippen molar-refractivity contribution in [2.75, 3.05) is 0 Å². The van der Waals surface area contributed by atoms with Crippen LogP contribution in [0.15, 0.2) is 48.8 Å². The van der Waals surface area contributed by atoms with E-state index in [0.29, 0.717) is 17.1 Å². The van der Waals surface area contributed by atoms with Crippen molar-refractivity contribution in [3.63, 3.8) is 0 Å². The number of aromatic nitrogens is 3. The van der Waals surface area contributed by atoms with E-state index in [9.17, 15) is 13.2 Å². The number of H-pyrrole nitrogens is 1. The largest absolute Gasteiger partial charge is 0.416 e. The lowest BCUT2D eigenvalue weighted by Gasteiger charge is -2.06. The van der Waals surface area contributed by atoms with E-state index in [1.807, 2.05) is 13.0 Å². The molecule has 2 aromatic heterocycles. The van der Waals surface area contributed by atoms with Crippen LogP contribution in [0.1, 0.15) is 11.3 Å². The number of benzene rings is 1. The van der Waals surface area contributed by atoms with Crippen molar-refractivity contribution in [1.29, 1.82) is 0 Å². The maximum Gasteiger partial charge on any atom is 0.416 e. The fraction of sp³-hybridized carbons (Fsp3) is 0.125. The van der Waals surface area contributed by atoms with Crippen LogP contribution >= 0.6 is 0 Å². The lowest BCUT2D eigenvalue weighted by Crippen LogP contribution is -2.04. The number of pyridine rings is 1. The van der Waals surface area contributed by atoms with E-state index >= 15 is 0 Å². The molecule has 22 heavy (non-hydrogen) atoms. The molecule has 0 aliphatic carbocycles. The van der Waals surface area contributed by atoms with Gasteiger partial charge in [0.2, 0.25) is 0 Å². The van der Waals surface area contributed by atoms with Crippen LogP contribution in [0.2, 0.25) is 0 Å². The summed E-state index contributed by atoms with van der Waals surface area (Å²) < 4.78 is 37.8. The average Bonchev–Trinajstić information content (AvgIpc) is 2.89. The Hall–Kier alpha value is -2.63. The van der Waals surface area contributed by atoms with Crippen molar-refractivity contribution >= 4 is 0 Å². The fourth-order valence-corrected chi connectivity index (χ4v) is 2.20. The molecular weight excluding hydrogens is 291 g/mol. The summed E-state index contributed by atoms with van der Waals surface area (Å²) in [4.78, 5) is 11.6. The summed E-state index contributed by atoms with van der Waals surface area (Å²) in [6.45, 7) is 1.83. The van der Waals surface area contributed by atoms with Gasteiger partial charge >= 0.3 is 6.18 Å². The van der Waals surface area contributed by atoms with Gasteiger partial charge in [0.25, 0.3) is 0 Å². The third-order valence-corrected chi connectivity index (χ3v) is 3.31. The molecule has 0 saturated heterocycles. The first kappa shape index (κ1) is 14.3. The standard InChI is InChI=1S/C16H12F3N3/c1-10-14(11-4-6-13(7-5-11)16(17,18)19)22-15(21-10)12-3-2-8-20-9-12/h2-9H,1H3,(H,21,22). The highest BCUT2D eigenvalue weighted by Crippen LogP contribution is 2.31. The van der Waals surface area contributed by atoms with Crippen LogP contribution in [-0.4, -0.2) is 15.0 Å². The van der Waals surface area contributed by atoms with E-state index in [-0.39, 0.29) is 0 Å². The number of aryl methyl sites for hydroxylation is 1. The predicted octanol–water partition coefficient (Wildman–Crippen LogP) is 4.47. The maximum absolute atomic E-state index is 12.6. The third-order valence-electron chi connectivity index (χ3n) is 3.31. The minimum absolute atomic E-state index is 0.632. The minimum atomic E-state index is -4.33. The van der Waals surface area contributed by atoms with Gasteiger partial charge in [0.15, 0.2) is 0 Å². The quantitative estimate of drug-likeness (QED) is 0.759. The number of halogens is 3. The second-order valence-corrected chi connectivity index (χ2v) is 4.88. The minimum Gasteiger partial charge on any atom is -0.341 e. The second kappa shape index (κ2) is 5.29. The summed E-state index contributed by atoms with van der Waals surface area (Å²) in [5.74, 6) is 0.639. The summed E-state index contributed by atoms with van der Waals surface area (Å²) in [5, 5.41) is 0. The Morgan fingerprint density at radius 2 is 1.73 bits per heavy atom. The molecule has 1 N–H and O–H groups in total. The molecule has 0 radical (unpaired) electrons. The molecule has 0 aliphatic heterocycles. The number of nitrogens with one attached hydrogen (secondary N) is 1. The molecule has 0 saturated carbocycles. The first-order valence-electron chi connectivity index (χ1n) is 6.60. The smallest absolute Gasteiger partial charge is 0.341 e. The van der Waals surface area contributed by atoms with Crippen LogP contribution in [0, 0.1) is 6.92 Å². The van der Waals surface area contributed by atoms with Gasteiger partial charge in [-0.1, -0.05) is 12.1 Å². The molecule has 0 fully saturated rings. The van der Waals surface area contributed by atoms with E-state index in [0.717, 1.165) is 23.4 Å². The molecule has 112 valence electrons. The van der Waals surface area contributed by atoms with Crippen molar-refractivity contribution in [3.8, 4) is 22.6 Å². The van der Waals surface area contributed by atoms with Crippen molar-refractivity contribution in [3.05, 3.63) is 60.0 Å². The summed E-state index contributed by atoms with van der Waals surface area (Å²) in [5.41, 5.74) is 2.21. The highest BCUT2D eigenvalue weighted by Gasteiger charge is 2.30. The normalized spacial score (nSPS) is 11.6. The van der Waals surface area contributed by atoms with E-state index in [1.165, 1.54) is 12.1 Å².